The van der Waals surface area contributed by atoms with E-state index in [0.29, 0.717) is 11.8 Å². The summed E-state index contributed by atoms with van der Waals surface area (Å²) in [5.41, 5.74) is 2.81. The minimum atomic E-state index is 0. The van der Waals surface area contributed by atoms with Gasteiger partial charge in [0.2, 0.25) is 0 Å². The smallest absolute Gasteiger partial charge is 0 e. The van der Waals surface area contributed by atoms with Crippen LogP contribution in [0, 0.1) is 64.0 Å². The van der Waals surface area contributed by atoms with Crippen LogP contribution < -0.4 is 0 Å². The molecule has 26 heavy (non-hydrogen) atoms. The molecule has 1 aliphatic rings. The number of rotatable bonds is 2. The largest absolute Gasteiger partial charge is 0.358 e. The first-order valence-corrected chi connectivity index (χ1v) is 6.67. The fourth-order valence-electron chi connectivity index (χ4n) is 2.22. The zero-order chi connectivity index (χ0) is 12.8. The molecule has 0 bridgehead atoms. The van der Waals surface area contributed by atoms with Gasteiger partial charge < -0.3 is 52.0 Å². The summed E-state index contributed by atoms with van der Waals surface area (Å²) in [4.78, 5) is 0. The van der Waals surface area contributed by atoms with Gasteiger partial charge in [0.25, 0.3) is 0 Å². The number of allylic oxidation sites excluding steroid dienone is 1. The van der Waals surface area contributed by atoms with E-state index in [1.54, 1.807) is 0 Å². The van der Waals surface area contributed by atoms with E-state index in [0.717, 1.165) is 0 Å². The van der Waals surface area contributed by atoms with Crippen molar-refractivity contribution in [3.63, 3.8) is 0 Å². The molecule has 2 aromatic carbocycles. The van der Waals surface area contributed by atoms with Crippen molar-refractivity contribution in [1.29, 1.82) is 0 Å². The minimum Gasteiger partial charge on any atom is -0.358 e. The van der Waals surface area contributed by atoms with Crippen LogP contribution >= 0.6 is 0 Å². The van der Waals surface area contributed by atoms with Crippen molar-refractivity contribution >= 4 is 6.08 Å². The van der Waals surface area contributed by atoms with Gasteiger partial charge in [0, 0.05) is 25.8 Å². The zero-order valence-electron chi connectivity index (χ0n) is 18.6. The number of benzene rings is 1. The monoisotopic (exact) mass is 521 g/mol. The average Bonchev–Trinajstić information content (AvgIpc) is 3.10. The van der Waals surface area contributed by atoms with Crippen molar-refractivity contribution in [3.05, 3.63) is 124 Å². The third-order valence-electron chi connectivity index (χ3n) is 3.52. The predicted octanol–water partition coefficient (Wildman–Crippen LogP) is 8.20. The van der Waals surface area contributed by atoms with Crippen LogP contribution in [0.15, 0.2) is 54.6 Å². The Kier molecular flexibility index (Phi) is 41.4. The molecule has 2 unspecified atom stereocenters. The van der Waals surface area contributed by atoms with E-state index in [-0.39, 0.29) is 77.8 Å². The fraction of sp³-hybridized carbons (Fsp3) is 0.200. The molecule has 0 saturated carbocycles. The van der Waals surface area contributed by atoms with E-state index in [4.69, 9.17) is 0 Å². The Hall–Kier alpha value is -0.820. The predicted molar refractivity (Wildman–Crippen MR) is 123 cm³/mol. The van der Waals surface area contributed by atoms with Crippen LogP contribution in [0.2, 0.25) is 0 Å². The van der Waals surface area contributed by atoms with Gasteiger partial charge in [0.05, 0.1) is 0 Å². The van der Waals surface area contributed by atoms with Gasteiger partial charge in [-0.05, 0) is 0 Å². The topological polar surface area (TPSA) is 0 Å². The van der Waals surface area contributed by atoms with E-state index in [1.807, 2.05) is 30.3 Å². The number of hydrogen-bond acceptors (Lipinski definition) is 0. The molecule has 3 rings (SSSR count). The van der Waals surface area contributed by atoms with Gasteiger partial charge in [-0.1, -0.05) is 50.3 Å². The van der Waals surface area contributed by atoms with Gasteiger partial charge >= 0.3 is 0 Å². The molecule has 0 N–H and O–H groups in total. The molecule has 0 fully saturated rings. The van der Waals surface area contributed by atoms with Crippen molar-refractivity contribution in [3.8, 4) is 0 Å². The second kappa shape index (κ2) is 24.2. The van der Waals surface area contributed by atoms with E-state index >= 15 is 0 Å². The van der Waals surface area contributed by atoms with Crippen molar-refractivity contribution < 1.29 is 25.8 Å². The molecule has 0 aromatic heterocycles. The standard InChI is InChI=1S/C13H15.C5H5.7CH3.Hf/c1-3-10(2)12-9-8-11-6-4-5-7-13(11)12;1-2-4-5-3-1;;;;;;;;/h4-8,10,12H,3H2,1-2H3;1-5H;7*1H3;/q9*-1;. The van der Waals surface area contributed by atoms with Crippen molar-refractivity contribution in [2.45, 2.75) is 26.2 Å². The van der Waals surface area contributed by atoms with Crippen LogP contribution in [0.25, 0.3) is 6.08 Å². The Bertz CT molecular complexity index is 465. The second-order valence-electron chi connectivity index (χ2n) is 4.77. The first-order valence-electron chi connectivity index (χ1n) is 6.67. The Morgan fingerprint density at radius 3 is 1.81 bits per heavy atom. The summed E-state index contributed by atoms with van der Waals surface area (Å²) in [5, 5.41) is 0. The summed E-state index contributed by atoms with van der Waals surface area (Å²) >= 11 is 0. The van der Waals surface area contributed by atoms with Gasteiger partial charge in [-0.2, -0.15) is 23.8 Å². The zero-order valence-corrected chi connectivity index (χ0v) is 22.2. The van der Waals surface area contributed by atoms with Crippen LogP contribution in [0.3, 0.4) is 0 Å². The van der Waals surface area contributed by atoms with E-state index in [2.05, 4.69) is 50.3 Å². The maximum Gasteiger partial charge on any atom is 0 e. The fourth-order valence-corrected chi connectivity index (χ4v) is 2.22. The molecule has 0 nitrogen and oxygen atoms in total. The molecular weight excluding hydrogens is 479 g/mol. The van der Waals surface area contributed by atoms with Gasteiger partial charge in [-0.25, -0.2) is 18.2 Å². The third-order valence-corrected chi connectivity index (χ3v) is 3.52. The first-order chi connectivity index (χ1) is 8.83. The third kappa shape index (κ3) is 12.5. The Balaban J connectivity index is -0.0000000500. The molecule has 0 radical (unpaired) electrons. The van der Waals surface area contributed by atoms with Crippen molar-refractivity contribution in [2.24, 2.45) is 5.92 Å². The van der Waals surface area contributed by atoms with Gasteiger partial charge in [0.1, 0.15) is 0 Å². The normalized spacial score (nSPS) is 12.3. The van der Waals surface area contributed by atoms with Crippen molar-refractivity contribution in [1.82, 2.24) is 0 Å². The molecule has 1 aliphatic carbocycles. The molecule has 0 amide bonds. The van der Waals surface area contributed by atoms with Crippen LogP contribution in [0.5, 0.6) is 0 Å². The molecule has 1 heteroatoms. The first kappa shape index (κ1) is 44.5. The average molecular weight is 520 g/mol. The minimum absolute atomic E-state index is 0. The van der Waals surface area contributed by atoms with Crippen LogP contribution in [0.1, 0.15) is 37.3 Å². The number of fused-ring (bicyclic) bond motifs is 1. The summed E-state index contributed by atoms with van der Waals surface area (Å²) in [6, 6.07) is 18.6. The summed E-state index contributed by atoms with van der Waals surface area (Å²) < 4.78 is 0. The van der Waals surface area contributed by atoms with Crippen LogP contribution in [0.4, 0.5) is 0 Å². The molecule has 0 saturated heterocycles. The van der Waals surface area contributed by atoms with Gasteiger partial charge in [-0.15, -0.1) is 11.6 Å². The van der Waals surface area contributed by atoms with Crippen molar-refractivity contribution in [2.75, 3.05) is 0 Å². The SMILES string of the molecule is CCC(C)C1[C-]=Cc2ccccc21.[CH3-].[CH3-].[CH3-].[CH3-].[CH3-].[CH3-].[CH3-].[Hf].c1cc[cH-]c1. The second-order valence-corrected chi connectivity index (χ2v) is 4.77. The number of hydrogen-bond donors (Lipinski definition) is 0. The molecular formula is C25H41Hf-9. The van der Waals surface area contributed by atoms with Crippen LogP contribution in [-0.4, -0.2) is 0 Å². The van der Waals surface area contributed by atoms with E-state index in [1.165, 1.54) is 17.5 Å². The summed E-state index contributed by atoms with van der Waals surface area (Å²) in [6.07, 6.45) is 6.80. The maximum atomic E-state index is 3.45. The molecule has 0 aliphatic heterocycles. The molecule has 2 aromatic rings. The van der Waals surface area contributed by atoms with E-state index < -0.39 is 0 Å². The Labute approximate surface area is 187 Å². The molecule has 154 valence electrons. The van der Waals surface area contributed by atoms with E-state index in [9.17, 15) is 0 Å². The molecule has 2 atom stereocenters. The Morgan fingerprint density at radius 2 is 1.38 bits per heavy atom. The Morgan fingerprint density at radius 1 is 0.885 bits per heavy atom. The quantitative estimate of drug-likeness (QED) is 0.277. The van der Waals surface area contributed by atoms with Crippen LogP contribution in [-0.2, 0) is 25.8 Å². The van der Waals surface area contributed by atoms with Gasteiger partial charge in [-0.3, -0.25) is 6.08 Å². The maximum absolute atomic E-state index is 3.45. The summed E-state index contributed by atoms with van der Waals surface area (Å²) in [7, 11) is 0. The molecule has 0 heterocycles. The molecule has 0 spiro atoms. The summed E-state index contributed by atoms with van der Waals surface area (Å²) in [5.74, 6) is 1.24. The summed E-state index contributed by atoms with van der Waals surface area (Å²) in [6.45, 7) is 4.54. The van der Waals surface area contributed by atoms with Gasteiger partial charge in [0.15, 0.2) is 0 Å².